The number of aromatic nitrogens is 1. The third-order valence-corrected chi connectivity index (χ3v) is 3.16. The van der Waals surface area contributed by atoms with Crippen LogP contribution in [0.25, 0.3) is 0 Å². The fourth-order valence-corrected chi connectivity index (χ4v) is 2.24. The highest BCUT2D eigenvalue weighted by molar-refractivity contribution is 9.10. The first-order valence-electron chi connectivity index (χ1n) is 5.91. The number of carbonyl (C=O) groups is 1. The van der Waals surface area contributed by atoms with Crippen molar-refractivity contribution in [2.24, 2.45) is 5.10 Å². The van der Waals surface area contributed by atoms with Gasteiger partial charge in [-0.15, -0.1) is 0 Å². The molecule has 0 spiro atoms. The molecule has 0 aliphatic carbocycles. The zero-order valence-corrected chi connectivity index (χ0v) is 12.7. The second-order valence-electron chi connectivity index (χ2n) is 3.99. The van der Waals surface area contributed by atoms with E-state index in [1.54, 1.807) is 18.2 Å². The van der Waals surface area contributed by atoms with Crippen LogP contribution in [0.4, 0.5) is 0 Å². The van der Waals surface area contributed by atoms with E-state index in [2.05, 4.69) is 31.4 Å². The van der Waals surface area contributed by atoms with Crippen molar-refractivity contribution in [3.05, 3.63) is 52.3 Å². The van der Waals surface area contributed by atoms with Crippen molar-refractivity contribution >= 4 is 28.1 Å². The van der Waals surface area contributed by atoms with E-state index in [1.165, 1.54) is 31.8 Å². The van der Waals surface area contributed by atoms with E-state index in [4.69, 9.17) is 4.74 Å². The lowest BCUT2D eigenvalue weighted by atomic mass is 10.2. The number of phenolic OH excluding ortho intramolecular Hbond substituents is 1. The Kier molecular flexibility index (Phi) is 4.89. The van der Waals surface area contributed by atoms with E-state index in [0.29, 0.717) is 21.3 Å². The molecule has 108 valence electrons. The maximum atomic E-state index is 11.7. The number of nitrogens with zero attached hydrogens (tertiary/aromatic N) is 2. The van der Waals surface area contributed by atoms with E-state index in [0.717, 1.165) is 0 Å². The molecule has 0 radical (unpaired) electrons. The minimum absolute atomic E-state index is 0.0196. The number of aromatic hydroxyl groups is 1. The number of hydrogen-bond acceptors (Lipinski definition) is 5. The Morgan fingerprint density at radius 1 is 1.43 bits per heavy atom. The molecule has 21 heavy (non-hydrogen) atoms. The fourth-order valence-electron chi connectivity index (χ4n) is 1.61. The van der Waals surface area contributed by atoms with Gasteiger partial charge in [0, 0.05) is 18.0 Å². The first-order valence-corrected chi connectivity index (χ1v) is 6.71. The van der Waals surface area contributed by atoms with Gasteiger partial charge in [0.2, 0.25) is 0 Å². The molecule has 2 aromatic rings. The Balaban J connectivity index is 2.07. The number of nitrogens with one attached hydrogen (secondary N) is 1. The highest BCUT2D eigenvalue weighted by atomic mass is 79.9. The largest absolute Gasteiger partial charge is 0.504 e. The predicted molar refractivity (Wildman–Crippen MR) is 81.7 cm³/mol. The van der Waals surface area contributed by atoms with E-state index in [-0.39, 0.29) is 11.7 Å². The molecular weight excluding hydrogens is 338 g/mol. The second kappa shape index (κ2) is 6.85. The number of ether oxygens (including phenoxy) is 1. The van der Waals surface area contributed by atoms with Gasteiger partial charge < -0.3 is 9.84 Å². The van der Waals surface area contributed by atoms with Crippen molar-refractivity contribution in [3.63, 3.8) is 0 Å². The standard InChI is InChI=1S/C14H12BrN3O3/c1-21-13-11(15)6-9(7-12(13)19)8-17-18-14(20)10-2-4-16-5-3-10/h2-8,19H,1H3,(H,18,20)/b17-8-. The van der Waals surface area contributed by atoms with Crippen LogP contribution in [0.15, 0.2) is 46.2 Å². The highest BCUT2D eigenvalue weighted by Crippen LogP contribution is 2.34. The van der Waals surface area contributed by atoms with E-state index in [9.17, 15) is 9.90 Å². The number of hydrazone groups is 1. The summed E-state index contributed by atoms with van der Waals surface area (Å²) >= 11 is 3.27. The number of pyridine rings is 1. The number of amides is 1. The van der Waals surface area contributed by atoms with Gasteiger partial charge in [-0.1, -0.05) is 0 Å². The van der Waals surface area contributed by atoms with Gasteiger partial charge in [-0.2, -0.15) is 5.10 Å². The summed E-state index contributed by atoms with van der Waals surface area (Å²) in [7, 11) is 1.46. The summed E-state index contributed by atoms with van der Waals surface area (Å²) in [4.78, 5) is 15.6. The molecule has 1 heterocycles. The molecule has 2 N–H and O–H groups in total. The monoisotopic (exact) mass is 349 g/mol. The Hall–Kier alpha value is -2.41. The van der Waals surface area contributed by atoms with Gasteiger partial charge in [0.25, 0.3) is 5.91 Å². The second-order valence-corrected chi connectivity index (χ2v) is 4.84. The van der Waals surface area contributed by atoms with Gasteiger partial charge in [-0.25, -0.2) is 5.43 Å². The molecule has 0 saturated heterocycles. The van der Waals surface area contributed by atoms with Crippen LogP contribution < -0.4 is 10.2 Å². The lowest BCUT2D eigenvalue weighted by molar-refractivity contribution is 0.0955. The van der Waals surface area contributed by atoms with Crippen molar-refractivity contribution in [1.29, 1.82) is 0 Å². The van der Waals surface area contributed by atoms with E-state index in [1.807, 2.05) is 0 Å². The Morgan fingerprint density at radius 3 is 2.76 bits per heavy atom. The molecular formula is C14H12BrN3O3. The molecule has 6 nitrogen and oxygen atoms in total. The molecule has 1 aromatic carbocycles. The number of benzene rings is 1. The Labute approximate surface area is 129 Å². The van der Waals surface area contributed by atoms with Gasteiger partial charge in [0.1, 0.15) is 0 Å². The van der Waals surface area contributed by atoms with Gasteiger partial charge >= 0.3 is 0 Å². The summed E-state index contributed by atoms with van der Waals surface area (Å²) in [5.74, 6) is -0.0211. The first-order chi connectivity index (χ1) is 10.1. The Morgan fingerprint density at radius 2 is 2.14 bits per heavy atom. The van der Waals surface area contributed by atoms with Crippen LogP contribution in [-0.4, -0.2) is 29.3 Å². The average molecular weight is 350 g/mol. The maximum absolute atomic E-state index is 11.7. The first kappa shape index (κ1) is 15.0. The number of phenols is 1. The average Bonchev–Trinajstić information content (AvgIpc) is 2.48. The third-order valence-electron chi connectivity index (χ3n) is 2.57. The summed E-state index contributed by atoms with van der Waals surface area (Å²) in [5.41, 5.74) is 3.46. The zero-order valence-electron chi connectivity index (χ0n) is 11.1. The van der Waals surface area contributed by atoms with Crippen molar-refractivity contribution in [2.45, 2.75) is 0 Å². The van der Waals surface area contributed by atoms with Gasteiger partial charge in [0.05, 0.1) is 17.8 Å². The predicted octanol–water partition coefficient (Wildman–Crippen LogP) is 2.32. The van der Waals surface area contributed by atoms with Gasteiger partial charge in [-0.3, -0.25) is 9.78 Å². The molecule has 0 aliphatic rings. The number of hydrogen-bond donors (Lipinski definition) is 2. The van der Waals surface area contributed by atoms with Crippen molar-refractivity contribution in [1.82, 2.24) is 10.4 Å². The zero-order chi connectivity index (χ0) is 15.2. The summed E-state index contributed by atoms with van der Waals surface area (Å²) in [6.07, 6.45) is 4.47. The van der Waals surface area contributed by atoms with Crippen molar-refractivity contribution in [2.75, 3.05) is 7.11 Å². The molecule has 1 aromatic heterocycles. The lowest BCUT2D eigenvalue weighted by Gasteiger charge is -2.06. The molecule has 0 saturated carbocycles. The minimum atomic E-state index is -0.342. The van der Waals surface area contributed by atoms with Gasteiger partial charge in [0.15, 0.2) is 11.5 Å². The maximum Gasteiger partial charge on any atom is 0.271 e. The number of rotatable bonds is 4. The topological polar surface area (TPSA) is 83.8 Å². The SMILES string of the molecule is COc1c(O)cc(/C=N\NC(=O)c2ccncc2)cc1Br. The smallest absolute Gasteiger partial charge is 0.271 e. The van der Waals surface area contributed by atoms with Crippen LogP contribution >= 0.6 is 15.9 Å². The van der Waals surface area contributed by atoms with Crippen molar-refractivity contribution < 1.29 is 14.6 Å². The summed E-state index contributed by atoms with van der Waals surface area (Å²) in [6, 6.07) is 6.35. The van der Waals surface area contributed by atoms with Crippen LogP contribution in [0.5, 0.6) is 11.5 Å². The van der Waals surface area contributed by atoms with E-state index >= 15 is 0 Å². The molecule has 0 unspecified atom stereocenters. The van der Waals surface area contributed by atoms with Crippen LogP contribution in [-0.2, 0) is 0 Å². The third kappa shape index (κ3) is 3.79. The van der Waals surface area contributed by atoms with Gasteiger partial charge in [-0.05, 0) is 45.8 Å². The summed E-state index contributed by atoms with van der Waals surface area (Å²) < 4.78 is 5.60. The number of halogens is 1. The lowest BCUT2D eigenvalue weighted by Crippen LogP contribution is -2.17. The molecule has 0 fully saturated rings. The molecule has 2 rings (SSSR count). The van der Waals surface area contributed by atoms with Crippen LogP contribution in [0, 0.1) is 0 Å². The molecule has 7 heteroatoms. The van der Waals surface area contributed by atoms with E-state index < -0.39 is 0 Å². The van der Waals surface area contributed by atoms with Crippen LogP contribution in [0.2, 0.25) is 0 Å². The quantitative estimate of drug-likeness (QED) is 0.655. The van der Waals surface area contributed by atoms with Crippen LogP contribution in [0.3, 0.4) is 0 Å². The number of carbonyl (C=O) groups excluding carboxylic acids is 1. The molecule has 0 aliphatic heterocycles. The Bertz CT molecular complexity index is 651. The summed E-state index contributed by atoms with van der Waals surface area (Å²) in [5, 5.41) is 13.6. The summed E-state index contributed by atoms with van der Waals surface area (Å²) in [6.45, 7) is 0. The normalized spacial score (nSPS) is 10.6. The fraction of sp³-hybridized carbons (Fsp3) is 0.0714. The molecule has 1 amide bonds. The van der Waals surface area contributed by atoms with Crippen molar-refractivity contribution in [3.8, 4) is 11.5 Å². The molecule has 0 atom stereocenters. The minimum Gasteiger partial charge on any atom is -0.504 e. The highest BCUT2D eigenvalue weighted by Gasteiger charge is 2.08. The number of methoxy groups -OCH3 is 1. The molecule has 0 bridgehead atoms. The van der Waals surface area contributed by atoms with Crippen LogP contribution in [0.1, 0.15) is 15.9 Å².